The van der Waals surface area contributed by atoms with Gasteiger partial charge in [0.1, 0.15) is 5.69 Å². The van der Waals surface area contributed by atoms with Gasteiger partial charge in [0.25, 0.3) is 5.91 Å². The summed E-state index contributed by atoms with van der Waals surface area (Å²) in [7, 11) is 0. The summed E-state index contributed by atoms with van der Waals surface area (Å²) in [5.41, 5.74) is 3.09. The lowest BCUT2D eigenvalue weighted by Gasteiger charge is -2.09. The van der Waals surface area contributed by atoms with Crippen LogP contribution in [0.2, 0.25) is 5.02 Å². The molecule has 2 aromatic rings. The number of carbonyl (C=O) groups is 1. The molecule has 19 heavy (non-hydrogen) atoms. The minimum atomic E-state index is -0.159. The molecule has 0 fully saturated rings. The summed E-state index contributed by atoms with van der Waals surface area (Å²) >= 11 is 5.89. The number of nitrogens with zero attached hydrogens (tertiary/aromatic N) is 2. The summed E-state index contributed by atoms with van der Waals surface area (Å²) < 4.78 is 1.69. The van der Waals surface area contributed by atoms with Crippen LogP contribution in [0, 0.1) is 13.8 Å². The maximum atomic E-state index is 12.2. The monoisotopic (exact) mass is 277 g/mol. The molecule has 0 unspecified atom stereocenters. The van der Waals surface area contributed by atoms with E-state index in [0.29, 0.717) is 17.3 Å². The van der Waals surface area contributed by atoms with Crippen LogP contribution in [0.4, 0.5) is 5.69 Å². The predicted molar refractivity (Wildman–Crippen MR) is 76.8 cm³/mol. The van der Waals surface area contributed by atoms with Gasteiger partial charge in [0.2, 0.25) is 0 Å². The fourth-order valence-electron chi connectivity index (χ4n) is 1.92. The van der Waals surface area contributed by atoms with Crippen molar-refractivity contribution >= 4 is 23.2 Å². The van der Waals surface area contributed by atoms with E-state index >= 15 is 0 Å². The van der Waals surface area contributed by atoms with Crippen LogP contribution in [0.25, 0.3) is 0 Å². The third-order valence-electron chi connectivity index (χ3n) is 2.87. The average molecular weight is 278 g/mol. The zero-order valence-electron chi connectivity index (χ0n) is 11.2. The predicted octanol–water partition coefficient (Wildman–Crippen LogP) is 3.43. The highest BCUT2D eigenvalue weighted by Crippen LogP contribution is 2.20. The number of anilines is 1. The molecular weight excluding hydrogens is 262 g/mol. The van der Waals surface area contributed by atoms with Crippen LogP contribution in [0.3, 0.4) is 0 Å². The van der Waals surface area contributed by atoms with Crippen molar-refractivity contribution < 1.29 is 4.79 Å². The summed E-state index contributed by atoms with van der Waals surface area (Å²) in [4.78, 5) is 12.2. The zero-order valence-corrected chi connectivity index (χ0v) is 12.0. The van der Waals surface area contributed by atoms with Crippen molar-refractivity contribution in [2.45, 2.75) is 27.3 Å². The van der Waals surface area contributed by atoms with Gasteiger partial charge >= 0.3 is 0 Å². The van der Waals surface area contributed by atoms with Crippen LogP contribution in [0.15, 0.2) is 24.3 Å². The minimum absolute atomic E-state index is 0.159. The van der Waals surface area contributed by atoms with E-state index in [-0.39, 0.29) is 5.91 Å². The van der Waals surface area contributed by atoms with Crippen LogP contribution >= 0.6 is 11.6 Å². The molecule has 0 bridgehead atoms. The molecule has 0 spiro atoms. The number of hydrogen-bond acceptors (Lipinski definition) is 2. The maximum Gasteiger partial charge on any atom is 0.273 e. The number of aromatic nitrogens is 2. The molecule has 0 aliphatic carbocycles. The molecule has 0 radical (unpaired) electrons. The van der Waals surface area contributed by atoms with E-state index in [4.69, 9.17) is 11.6 Å². The van der Waals surface area contributed by atoms with Gasteiger partial charge < -0.3 is 5.32 Å². The van der Waals surface area contributed by atoms with E-state index in [9.17, 15) is 4.79 Å². The highest BCUT2D eigenvalue weighted by Gasteiger charge is 2.14. The average Bonchev–Trinajstić information content (AvgIpc) is 2.74. The molecular formula is C14H16ClN3O. The van der Waals surface area contributed by atoms with Gasteiger partial charge in [-0.15, -0.1) is 0 Å². The molecule has 1 aromatic carbocycles. The Bertz CT molecular complexity index is 619. The Morgan fingerprint density at radius 3 is 2.74 bits per heavy atom. The summed E-state index contributed by atoms with van der Waals surface area (Å²) in [6.07, 6.45) is 0. The minimum Gasteiger partial charge on any atom is -0.320 e. The molecule has 0 aliphatic rings. The smallest absolute Gasteiger partial charge is 0.273 e. The molecule has 1 N–H and O–H groups in total. The first-order chi connectivity index (χ1) is 9.01. The number of carbonyl (C=O) groups excluding carboxylic acids is 1. The Kier molecular flexibility index (Phi) is 3.90. The molecule has 0 saturated carbocycles. The van der Waals surface area contributed by atoms with Gasteiger partial charge in [-0.25, -0.2) is 0 Å². The number of halogens is 1. The summed E-state index contributed by atoms with van der Waals surface area (Å²) in [6, 6.07) is 7.16. The van der Waals surface area contributed by atoms with Crippen LogP contribution in [-0.2, 0) is 6.54 Å². The first-order valence-corrected chi connectivity index (χ1v) is 6.51. The van der Waals surface area contributed by atoms with Crippen LogP contribution in [0.5, 0.6) is 0 Å². The van der Waals surface area contributed by atoms with Crippen molar-refractivity contribution in [3.63, 3.8) is 0 Å². The Morgan fingerprint density at radius 2 is 2.11 bits per heavy atom. The van der Waals surface area contributed by atoms with Crippen LogP contribution in [-0.4, -0.2) is 15.7 Å². The molecule has 0 atom stereocenters. The van der Waals surface area contributed by atoms with E-state index in [0.717, 1.165) is 16.9 Å². The second kappa shape index (κ2) is 5.45. The van der Waals surface area contributed by atoms with Crippen molar-refractivity contribution in [2.24, 2.45) is 0 Å². The van der Waals surface area contributed by atoms with E-state index in [1.165, 1.54) is 0 Å². The molecule has 0 saturated heterocycles. The second-order valence-electron chi connectivity index (χ2n) is 4.40. The van der Waals surface area contributed by atoms with Crippen LogP contribution < -0.4 is 5.32 Å². The number of amides is 1. The van der Waals surface area contributed by atoms with Crippen molar-refractivity contribution in [2.75, 3.05) is 5.32 Å². The lowest BCUT2D eigenvalue weighted by atomic mass is 10.2. The van der Waals surface area contributed by atoms with Gasteiger partial charge in [-0.2, -0.15) is 5.10 Å². The highest BCUT2D eigenvalue weighted by atomic mass is 35.5. The van der Waals surface area contributed by atoms with Crippen molar-refractivity contribution in [1.82, 2.24) is 9.78 Å². The zero-order chi connectivity index (χ0) is 14.0. The Balaban J connectivity index is 2.25. The molecule has 1 amide bonds. The number of benzene rings is 1. The lowest BCUT2D eigenvalue weighted by Crippen LogP contribution is -2.17. The van der Waals surface area contributed by atoms with E-state index in [1.807, 2.05) is 26.8 Å². The summed E-state index contributed by atoms with van der Waals surface area (Å²) in [5, 5.41) is 7.80. The molecule has 0 aliphatic heterocycles. The normalized spacial score (nSPS) is 10.5. The number of hydrogen-bond donors (Lipinski definition) is 1. The fourth-order valence-corrected chi connectivity index (χ4v) is 2.15. The molecule has 4 nitrogen and oxygen atoms in total. The Hall–Kier alpha value is -1.81. The highest BCUT2D eigenvalue weighted by molar-refractivity contribution is 6.30. The SMILES string of the molecule is CCn1nc(C)cc1C(=O)Nc1ccc(Cl)cc1C. The van der Waals surface area contributed by atoms with Crippen LogP contribution in [0.1, 0.15) is 28.7 Å². The molecule has 5 heteroatoms. The van der Waals surface area contributed by atoms with E-state index in [2.05, 4.69) is 10.4 Å². The van der Waals surface area contributed by atoms with Gasteiger partial charge in [0.15, 0.2) is 0 Å². The maximum absolute atomic E-state index is 12.2. The molecule has 1 heterocycles. The van der Waals surface area contributed by atoms with E-state index in [1.54, 1.807) is 22.9 Å². The largest absolute Gasteiger partial charge is 0.320 e. The number of rotatable bonds is 3. The van der Waals surface area contributed by atoms with E-state index < -0.39 is 0 Å². The van der Waals surface area contributed by atoms with Gasteiger partial charge in [0, 0.05) is 17.3 Å². The molecule has 2 rings (SSSR count). The first-order valence-electron chi connectivity index (χ1n) is 6.13. The second-order valence-corrected chi connectivity index (χ2v) is 4.84. The first kappa shape index (κ1) is 13.6. The van der Waals surface area contributed by atoms with Gasteiger partial charge in [0.05, 0.1) is 5.69 Å². The summed E-state index contributed by atoms with van der Waals surface area (Å²) in [5.74, 6) is -0.159. The standard InChI is InChI=1S/C14H16ClN3O/c1-4-18-13(8-10(3)17-18)14(19)16-12-6-5-11(15)7-9(12)2/h5-8H,4H2,1-3H3,(H,16,19). The number of nitrogens with one attached hydrogen (secondary N) is 1. The molecule has 1 aromatic heterocycles. The summed E-state index contributed by atoms with van der Waals surface area (Å²) in [6.45, 7) is 6.40. The lowest BCUT2D eigenvalue weighted by molar-refractivity contribution is 0.101. The Labute approximate surface area is 117 Å². The topological polar surface area (TPSA) is 46.9 Å². The van der Waals surface area contributed by atoms with Gasteiger partial charge in [-0.1, -0.05) is 11.6 Å². The number of aryl methyl sites for hydroxylation is 3. The van der Waals surface area contributed by atoms with Crippen molar-refractivity contribution in [3.05, 3.63) is 46.2 Å². The van der Waals surface area contributed by atoms with Crippen molar-refractivity contribution in [3.8, 4) is 0 Å². The van der Waals surface area contributed by atoms with Crippen molar-refractivity contribution in [1.29, 1.82) is 0 Å². The third kappa shape index (κ3) is 2.96. The molecule has 100 valence electrons. The Morgan fingerprint density at radius 1 is 1.37 bits per heavy atom. The third-order valence-corrected chi connectivity index (χ3v) is 3.11. The van der Waals surface area contributed by atoms with Gasteiger partial charge in [-0.05, 0) is 50.6 Å². The fraction of sp³-hybridized carbons (Fsp3) is 0.286. The quantitative estimate of drug-likeness (QED) is 0.934. The van der Waals surface area contributed by atoms with Gasteiger partial charge in [-0.3, -0.25) is 9.48 Å².